The Morgan fingerprint density at radius 3 is 2.66 bits per heavy atom. The molecule has 0 unspecified atom stereocenters. The van der Waals surface area contributed by atoms with Gasteiger partial charge in [0.15, 0.2) is 0 Å². The Labute approximate surface area is 213 Å². The van der Waals surface area contributed by atoms with Gasteiger partial charge in [-0.15, -0.1) is 11.3 Å². The topological polar surface area (TPSA) is 62.7 Å². The number of imide groups is 1. The van der Waals surface area contributed by atoms with Crippen molar-refractivity contribution in [3.8, 4) is 16.9 Å². The molecule has 2 atom stereocenters. The third kappa shape index (κ3) is 4.34. The Morgan fingerprint density at radius 1 is 1.11 bits per heavy atom. The van der Waals surface area contributed by atoms with Gasteiger partial charge in [0.2, 0.25) is 11.8 Å². The summed E-state index contributed by atoms with van der Waals surface area (Å²) in [4.78, 5) is 33.7. The number of aromatic nitrogens is 1. The van der Waals surface area contributed by atoms with Gasteiger partial charge < -0.3 is 9.64 Å². The summed E-state index contributed by atoms with van der Waals surface area (Å²) in [5.41, 5.74) is 3.86. The maximum atomic E-state index is 12.1. The van der Waals surface area contributed by atoms with Crippen molar-refractivity contribution >= 4 is 45.0 Å². The molecule has 6 rings (SSSR count). The van der Waals surface area contributed by atoms with E-state index in [1.54, 1.807) is 17.5 Å². The van der Waals surface area contributed by atoms with Gasteiger partial charge in [-0.1, -0.05) is 11.6 Å². The average Bonchev–Trinajstić information content (AvgIpc) is 3.49. The number of hydrogen-bond donors (Lipinski definition) is 0. The Balaban J connectivity index is 1.33. The van der Waals surface area contributed by atoms with E-state index >= 15 is 0 Å². The number of rotatable bonds is 6. The van der Waals surface area contributed by atoms with Crippen LogP contribution in [0.3, 0.4) is 0 Å². The molecule has 2 amide bonds. The number of fused-ring (bicyclic) bond motifs is 1. The van der Waals surface area contributed by atoms with Gasteiger partial charge in [-0.05, 0) is 75.5 Å². The highest BCUT2D eigenvalue weighted by Crippen LogP contribution is 2.43. The molecule has 0 spiro atoms. The van der Waals surface area contributed by atoms with Gasteiger partial charge >= 0.3 is 0 Å². The molecule has 8 heteroatoms. The average molecular weight is 510 g/mol. The molecule has 6 nitrogen and oxygen atoms in total. The second-order valence-electron chi connectivity index (χ2n) is 9.85. The van der Waals surface area contributed by atoms with Crippen molar-refractivity contribution in [3.05, 3.63) is 45.9 Å². The third-order valence-corrected chi connectivity index (χ3v) is 8.87. The molecule has 0 radical (unpaired) electrons. The van der Waals surface area contributed by atoms with E-state index in [0.717, 1.165) is 50.4 Å². The van der Waals surface area contributed by atoms with E-state index in [2.05, 4.69) is 16.8 Å². The van der Waals surface area contributed by atoms with Crippen LogP contribution in [0.2, 0.25) is 5.02 Å². The fourth-order valence-corrected chi connectivity index (χ4v) is 6.95. The molecule has 2 aliphatic heterocycles. The lowest BCUT2D eigenvalue weighted by molar-refractivity contribution is -0.138. The Kier molecular flexibility index (Phi) is 6.03. The molecule has 3 fully saturated rings. The summed E-state index contributed by atoms with van der Waals surface area (Å²) in [5.74, 6) is 0.681. The van der Waals surface area contributed by atoms with Crippen LogP contribution in [0.25, 0.3) is 21.3 Å². The summed E-state index contributed by atoms with van der Waals surface area (Å²) in [6.07, 6.45) is 7.23. The molecule has 1 saturated carbocycles. The summed E-state index contributed by atoms with van der Waals surface area (Å²) >= 11 is 8.10. The zero-order valence-electron chi connectivity index (χ0n) is 19.8. The molecule has 182 valence electrons. The fourth-order valence-electron chi connectivity index (χ4n) is 5.55. The number of aryl methyl sites for hydroxylation is 1. The number of carbonyl (C=O) groups excluding carboxylic acids is 2. The monoisotopic (exact) mass is 509 g/mol. The molecule has 0 bridgehead atoms. The van der Waals surface area contributed by atoms with Crippen molar-refractivity contribution in [3.63, 3.8) is 0 Å². The molecule has 1 aromatic carbocycles. The lowest BCUT2D eigenvalue weighted by atomic mass is 10.0. The summed E-state index contributed by atoms with van der Waals surface area (Å²) < 4.78 is 7.70. The highest BCUT2D eigenvalue weighted by atomic mass is 35.5. The van der Waals surface area contributed by atoms with Gasteiger partial charge in [0.05, 0.1) is 16.8 Å². The van der Waals surface area contributed by atoms with Crippen LogP contribution in [-0.4, -0.2) is 51.8 Å². The van der Waals surface area contributed by atoms with E-state index in [-0.39, 0.29) is 17.9 Å². The predicted molar refractivity (Wildman–Crippen MR) is 138 cm³/mol. The molecule has 2 aromatic heterocycles. The molecule has 1 aliphatic carbocycles. The number of carbonyl (C=O) groups is 2. The van der Waals surface area contributed by atoms with Gasteiger partial charge in [-0.3, -0.25) is 19.5 Å². The van der Waals surface area contributed by atoms with Crippen molar-refractivity contribution in [2.45, 2.75) is 64.1 Å². The Bertz CT molecular complexity index is 1300. The van der Waals surface area contributed by atoms with Crippen LogP contribution in [0.1, 0.15) is 49.0 Å². The molecular formula is C27H28ClN3O3S. The van der Waals surface area contributed by atoms with E-state index in [1.165, 1.54) is 30.8 Å². The summed E-state index contributed by atoms with van der Waals surface area (Å²) in [6.45, 7) is 4.78. The van der Waals surface area contributed by atoms with E-state index in [0.29, 0.717) is 30.5 Å². The van der Waals surface area contributed by atoms with E-state index in [4.69, 9.17) is 16.3 Å². The normalized spacial score (nSPS) is 22.9. The minimum Gasteiger partial charge on any atom is -0.489 e. The molecule has 3 aliphatic rings. The lowest BCUT2D eigenvalue weighted by Gasteiger charge is -2.36. The first-order chi connectivity index (χ1) is 17.0. The first-order valence-electron chi connectivity index (χ1n) is 12.4. The van der Waals surface area contributed by atoms with Crippen molar-refractivity contribution in [1.82, 2.24) is 14.8 Å². The van der Waals surface area contributed by atoms with Crippen LogP contribution in [0.15, 0.2) is 30.5 Å². The van der Waals surface area contributed by atoms with Crippen molar-refractivity contribution in [1.29, 1.82) is 0 Å². The highest BCUT2D eigenvalue weighted by molar-refractivity contribution is 7.19. The molecular weight excluding hydrogens is 482 g/mol. The van der Waals surface area contributed by atoms with E-state index in [1.807, 2.05) is 24.3 Å². The molecule has 4 heterocycles. The maximum Gasteiger partial charge on any atom is 0.230 e. The SMILES string of the molecule is Cc1cc(Cl)cc(-c2ccnc3cc(CN4C(=O)CCC4=O)sc23)c1O[C@H]1CC[C@H](N2CCC2)C1. The van der Waals surface area contributed by atoms with Crippen LogP contribution >= 0.6 is 22.9 Å². The third-order valence-electron chi connectivity index (χ3n) is 7.51. The maximum absolute atomic E-state index is 12.1. The standard InChI is InChI=1S/C27H28ClN3O3S/c1-16-11-17(28)12-22(26(16)34-19-4-3-18(13-19)30-9-2-10-30)21-7-8-29-23-14-20(35-27(21)23)15-31-24(32)5-6-25(31)33/h7-8,11-12,14,18-19H,2-6,9-10,13,15H2,1H3/t18-,19-/m0/s1. The number of benzene rings is 1. The van der Waals surface area contributed by atoms with Gasteiger partial charge in [0.1, 0.15) is 11.9 Å². The highest BCUT2D eigenvalue weighted by Gasteiger charge is 2.34. The van der Waals surface area contributed by atoms with Crippen molar-refractivity contribution in [2.75, 3.05) is 13.1 Å². The molecule has 0 N–H and O–H groups in total. The first-order valence-corrected chi connectivity index (χ1v) is 13.6. The number of thiophene rings is 1. The molecule has 2 saturated heterocycles. The number of hydrogen-bond acceptors (Lipinski definition) is 6. The van der Waals surface area contributed by atoms with Gasteiger partial charge in [0, 0.05) is 46.1 Å². The smallest absolute Gasteiger partial charge is 0.230 e. The Morgan fingerprint density at radius 2 is 1.91 bits per heavy atom. The largest absolute Gasteiger partial charge is 0.489 e. The zero-order valence-corrected chi connectivity index (χ0v) is 21.3. The lowest BCUT2D eigenvalue weighted by Crippen LogP contribution is -2.44. The number of likely N-dealkylation sites (tertiary alicyclic amines) is 2. The predicted octanol–water partition coefficient (Wildman–Crippen LogP) is 5.58. The van der Waals surface area contributed by atoms with Crippen LogP contribution in [0.4, 0.5) is 0 Å². The number of amides is 2. The second kappa shape index (κ2) is 9.19. The van der Waals surface area contributed by atoms with Crippen LogP contribution in [-0.2, 0) is 16.1 Å². The number of ether oxygens (including phenoxy) is 1. The number of nitrogens with zero attached hydrogens (tertiary/aromatic N) is 3. The molecule has 35 heavy (non-hydrogen) atoms. The quantitative estimate of drug-likeness (QED) is 0.406. The number of pyridine rings is 1. The van der Waals surface area contributed by atoms with Crippen LogP contribution in [0.5, 0.6) is 5.75 Å². The van der Waals surface area contributed by atoms with Gasteiger partial charge in [0.25, 0.3) is 0 Å². The minimum absolute atomic E-state index is 0.102. The second-order valence-corrected chi connectivity index (χ2v) is 11.4. The van der Waals surface area contributed by atoms with E-state index in [9.17, 15) is 9.59 Å². The van der Waals surface area contributed by atoms with Crippen molar-refractivity contribution in [2.24, 2.45) is 0 Å². The first kappa shape index (κ1) is 23.0. The summed E-state index contributed by atoms with van der Waals surface area (Å²) in [6, 6.07) is 8.56. The van der Waals surface area contributed by atoms with Crippen LogP contribution in [0, 0.1) is 6.92 Å². The van der Waals surface area contributed by atoms with Crippen LogP contribution < -0.4 is 4.74 Å². The van der Waals surface area contributed by atoms with Gasteiger partial charge in [-0.2, -0.15) is 0 Å². The summed E-state index contributed by atoms with van der Waals surface area (Å²) in [5, 5.41) is 0.671. The number of halogens is 1. The fraction of sp³-hybridized carbons (Fsp3) is 0.444. The van der Waals surface area contributed by atoms with Gasteiger partial charge in [-0.25, -0.2) is 0 Å². The Hall–Kier alpha value is -2.48. The van der Waals surface area contributed by atoms with Crippen molar-refractivity contribution < 1.29 is 14.3 Å². The van der Waals surface area contributed by atoms with E-state index < -0.39 is 0 Å². The summed E-state index contributed by atoms with van der Waals surface area (Å²) in [7, 11) is 0. The molecule has 3 aromatic rings. The zero-order chi connectivity index (χ0) is 24.1. The minimum atomic E-state index is -0.102.